The molecule has 0 radical (unpaired) electrons. The van der Waals surface area contributed by atoms with Crippen LogP contribution >= 0.6 is 11.8 Å². The summed E-state index contributed by atoms with van der Waals surface area (Å²) in [6, 6.07) is 7.68. The third kappa shape index (κ3) is 4.86. The fraction of sp³-hybridized carbons (Fsp3) is 0.304. The van der Waals surface area contributed by atoms with E-state index in [4.69, 9.17) is 9.47 Å². The summed E-state index contributed by atoms with van der Waals surface area (Å²) in [5, 5.41) is 1.64. The van der Waals surface area contributed by atoms with Gasteiger partial charge in [-0.15, -0.1) is 13.2 Å². The predicted octanol–water partition coefficient (Wildman–Crippen LogP) is 5.39. The summed E-state index contributed by atoms with van der Waals surface area (Å²) < 4.78 is 55.0. The minimum atomic E-state index is -4.91. The maximum absolute atomic E-state index is 13.2. The van der Waals surface area contributed by atoms with Gasteiger partial charge in [0.05, 0.1) is 18.1 Å². The fourth-order valence-corrected chi connectivity index (χ4v) is 4.44. The Morgan fingerprint density at radius 3 is 2.58 bits per heavy atom. The number of amides is 2. The molecule has 2 heterocycles. The van der Waals surface area contributed by atoms with Crippen LogP contribution < -0.4 is 14.8 Å². The Balaban J connectivity index is 1.91. The van der Waals surface area contributed by atoms with Crippen LogP contribution in [-0.2, 0) is 21.6 Å². The van der Waals surface area contributed by atoms with Gasteiger partial charge >= 0.3 is 6.36 Å². The number of fused-ring (bicyclic) bond motifs is 1. The van der Waals surface area contributed by atoms with Crippen molar-refractivity contribution in [3.8, 4) is 22.6 Å². The second kappa shape index (κ2) is 8.42. The molecule has 10 heteroatoms. The van der Waals surface area contributed by atoms with Gasteiger partial charge in [-0.25, -0.2) is 0 Å². The molecule has 1 saturated heterocycles. The van der Waals surface area contributed by atoms with Crippen molar-refractivity contribution in [2.45, 2.75) is 32.2 Å². The maximum atomic E-state index is 13.2. The molecule has 0 bridgehead atoms. The molecule has 2 aromatic carbocycles. The smallest absolute Gasteiger partial charge is 0.492 e. The summed E-state index contributed by atoms with van der Waals surface area (Å²) in [4.78, 5) is 23.5. The van der Waals surface area contributed by atoms with E-state index in [0.29, 0.717) is 23.5 Å². The first kappa shape index (κ1) is 23.2. The van der Waals surface area contributed by atoms with Crippen molar-refractivity contribution in [2.24, 2.45) is 0 Å². The monoisotopic (exact) mass is 479 g/mol. The lowest BCUT2D eigenvalue weighted by molar-refractivity contribution is -0.274. The highest BCUT2D eigenvalue weighted by Gasteiger charge is 2.37. The highest BCUT2D eigenvalue weighted by molar-refractivity contribution is 8.18. The number of thioether (sulfide) groups is 1. The second-order valence-electron chi connectivity index (χ2n) is 8.28. The lowest BCUT2D eigenvalue weighted by Crippen LogP contribution is -2.18. The van der Waals surface area contributed by atoms with E-state index in [1.807, 2.05) is 19.9 Å². The van der Waals surface area contributed by atoms with Crippen LogP contribution in [0.1, 0.15) is 30.5 Å². The van der Waals surface area contributed by atoms with Gasteiger partial charge in [0.15, 0.2) is 0 Å². The van der Waals surface area contributed by atoms with Crippen molar-refractivity contribution in [3.05, 3.63) is 51.9 Å². The largest absolute Gasteiger partial charge is 0.573 e. The first-order chi connectivity index (χ1) is 15.5. The number of rotatable bonds is 5. The van der Waals surface area contributed by atoms with Gasteiger partial charge in [0.25, 0.3) is 11.1 Å². The third-order valence-corrected chi connectivity index (χ3v) is 6.04. The van der Waals surface area contributed by atoms with Gasteiger partial charge in [-0.1, -0.05) is 19.9 Å². The molecule has 0 aliphatic carbocycles. The van der Waals surface area contributed by atoms with Gasteiger partial charge in [-0.3, -0.25) is 14.9 Å². The Kier molecular flexibility index (Phi) is 5.92. The number of hydrogen-bond acceptors (Lipinski definition) is 6. The first-order valence-corrected chi connectivity index (χ1v) is 10.7. The average Bonchev–Trinajstić information content (AvgIpc) is 3.19. The van der Waals surface area contributed by atoms with Crippen LogP contribution in [0.5, 0.6) is 11.5 Å². The van der Waals surface area contributed by atoms with E-state index in [-0.39, 0.29) is 22.5 Å². The van der Waals surface area contributed by atoms with Crippen LogP contribution in [-0.4, -0.2) is 31.2 Å². The zero-order valence-corrected chi connectivity index (χ0v) is 18.8. The number of carbonyl (C=O) groups is 2. The highest BCUT2D eigenvalue weighted by Crippen LogP contribution is 2.48. The van der Waals surface area contributed by atoms with Gasteiger partial charge in [0.1, 0.15) is 11.5 Å². The number of benzene rings is 2. The SMILES string of the molecule is COCc1cc(-c2cc(/C=C3/SC(=O)NC3=O)ccc2OC(F)(F)F)c2c(c1)C(C)(C)CO2. The first-order valence-electron chi connectivity index (χ1n) is 9.91. The summed E-state index contributed by atoms with van der Waals surface area (Å²) in [7, 11) is 1.53. The Labute approximate surface area is 192 Å². The molecule has 6 nitrogen and oxygen atoms in total. The van der Waals surface area contributed by atoms with E-state index >= 15 is 0 Å². The molecule has 4 rings (SSSR count). The quantitative estimate of drug-likeness (QED) is 0.580. The lowest BCUT2D eigenvalue weighted by Gasteiger charge is -2.19. The van der Waals surface area contributed by atoms with E-state index in [0.717, 1.165) is 22.9 Å². The Morgan fingerprint density at radius 2 is 1.94 bits per heavy atom. The molecule has 0 aromatic heterocycles. The zero-order chi connectivity index (χ0) is 24.0. The lowest BCUT2D eigenvalue weighted by atomic mass is 9.84. The number of halogens is 3. The molecule has 1 fully saturated rings. The van der Waals surface area contributed by atoms with E-state index in [9.17, 15) is 22.8 Å². The molecule has 174 valence electrons. The molecule has 0 saturated carbocycles. The van der Waals surface area contributed by atoms with Crippen LogP contribution in [0.15, 0.2) is 35.2 Å². The van der Waals surface area contributed by atoms with Gasteiger partial charge in [0.2, 0.25) is 0 Å². The van der Waals surface area contributed by atoms with Crippen LogP contribution in [0.25, 0.3) is 17.2 Å². The van der Waals surface area contributed by atoms with Crippen LogP contribution in [0.2, 0.25) is 0 Å². The van der Waals surface area contributed by atoms with Gasteiger partial charge < -0.3 is 14.2 Å². The molecule has 0 spiro atoms. The minimum absolute atomic E-state index is 0.142. The van der Waals surface area contributed by atoms with E-state index < -0.39 is 23.3 Å². The average molecular weight is 479 g/mol. The third-order valence-electron chi connectivity index (χ3n) is 5.23. The Bertz CT molecular complexity index is 1170. The Hall–Kier alpha value is -2.98. The highest BCUT2D eigenvalue weighted by atomic mass is 32.2. The summed E-state index contributed by atoms with van der Waals surface area (Å²) in [5.41, 5.74) is 2.26. The number of imide groups is 1. The van der Waals surface area contributed by atoms with Crippen molar-refractivity contribution < 1.29 is 37.0 Å². The number of carbonyl (C=O) groups excluding carboxylic acids is 2. The van der Waals surface area contributed by atoms with Crippen LogP contribution in [0.4, 0.5) is 18.0 Å². The van der Waals surface area contributed by atoms with E-state index in [1.54, 1.807) is 6.07 Å². The molecule has 2 amide bonds. The summed E-state index contributed by atoms with van der Waals surface area (Å²) in [5.74, 6) is -0.496. The van der Waals surface area contributed by atoms with Gasteiger partial charge in [0, 0.05) is 29.2 Å². The number of ether oxygens (including phenoxy) is 3. The van der Waals surface area contributed by atoms with Crippen molar-refractivity contribution in [2.75, 3.05) is 13.7 Å². The normalized spacial score (nSPS) is 18.3. The summed E-state index contributed by atoms with van der Waals surface area (Å²) in [6.07, 6.45) is -3.47. The second-order valence-corrected chi connectivity index (χ2v) is 9.30. The van der Waals surface area contributed by atoms with Crippen LogP contribution in [0, 0.1) is 0 Å². The van der Waals surface area contributed by atoms with E-state index in [1.165, 1.54) is 31.4 Å². The molecule has 1 N–H and O–H groups in total. The van der Waals surface area contributed by atoms with Crippen LogP contribution in [0.3, 0.4) is 0 Å². The Morgan fingerprint density at radius 1 is 1.18 bits per heavy atom. The molecular formula is C23H20F3NO5S. The minimum Gasteiger partial charge on any atom is -0.492 e. The summed E-state index contributed by atoms with van der Waals surface area (Å²) >= 11 is 0.722. The summed E-state index contributed by atoms with van der Waals surface area (Å²) in [6.45, 7) is 4.60. The number of nitrogens with one attached hydrogen (secondary N) is 1. The van der Waals surface area contributed by atoms with Crippen molar-refractivity contribution >= 4 is 29.0 Å². The van der Waals surface area contributed by atoms with Gasteiger partial charge in [-0.05, 0) is 53.2 Å². The fourth-order valence-electron chi connectivity index (χ4n) is 3.76. The number of alkyl halides is 3. The van der Waals surface area contributed by atoms with Gasteiger partial charge in [-0.2, -0.15) is 0 Å². The van der Waals surface area contributed by atoms with Crippen molar-refractivity contribution in [1.82, 2.24) is 5.32 Å². The van der Waals surface area contributed by atoms with Crippen molar-refractivity contribution in [1.29, 1.82) is 0 Å². The van der Waals surface area contributed by atoms with Crippen molar-refractivity contribution in [3.63, 3.8) is 0 Å². The standard InChI is InChI=1S/C23H20F3NO5S/c1-22(2)11-31-19-15(7-13(10-30-3)8-16(19)22)14-6-12(4-5-17(14)32-23(24,25)26)9-18-20(28)27-21(29)33-18/h4-9H,10-11H2,1-3H3,(H,27,28,29)/b18-9+. The molecule has 2 aliphatic heterocycles. The number of hydrogen-bond donors (Lipinski definition) is 1. The van der Waals surface area contributed by atoms with E-state index in [2.05, 4.69) is 10.1 Å². The molecule has 2 aliphatic rings. The molecule has 2 aromatic rings. The maximum Gasteiger partial charge on any atom is 0.573 e. The molecule has 33 heavy (non-hydrogen) atoms. The predicted molar refractivity (Wildman–Crippen MR) is 117 cm³/mol. The number of methoxy groups -OCH3 is 1. The molecule has 0 atom stereocenters. The molecular weight excluding hydrogens is 459 g/mol. The molecule has 0 unspecified atom stereocenters. The zero-order valence-electron chi connectivity index (χ0n) is 18.0. The topological polar surface area (TPSA) is 73.9 Å².